The lowest BCUT2D eigenvalue weighted by Gasteiger charge is -2.10. The highest BCUT2D eigenvalue weighted by atomic mass is 32.2. The molecule has 0 amide bonds. The van der Waals surface area contributed by atoms with Crippen molar-refractivity contribution in [3.63, 3.8) is 0 Å². The average Bonchev–Trinajstić information content (AvgIpc) is 2.27. The van der Waals surface area contributed by atoms with Crippen molar-refractivity contribution in [1.29, 1.82) is 5.26 Å². The standard InChI is InChI=1S/C13H14N2S/c1-10-4-7-13(15-8-10)11(2)5-6-12(3)16-9-14/h5-6,8H,2-4,7H2,1H3/b6-5-. The van der Waals surface area contributed by atoms with Gasteiger partial charge in [0, 0.05) is 16.8 Å². The first kappa shape index (κ1) is 12.5. The van der Waals surface area contributed by atoms with Crippen LogP contribution in [0.4, 0.5) is 0 Å². The Kier molecular flexibility index (Phi) is 4.81. The van der Waals surface area contributed by atoms with Gasteiger partial charge in [-0.2, -0.15) is 5.26 Å². The molecule has 0 unspecified atom stereocenters. The van der Waals surface area contributed by atoms with Crippen molar-refractivity contribution < 1.29 is 0 Å². The molecule has 1 aliphatic rings. The van der Waals surface area contributed by atoms with Gasteiger partial charge in [0.1, 0.15) is 5.40 Å². The topological polar surface area (TPSA) is 36.1 Å². The van der Waals surface area contributed by atoms with E-state index >= 15 is 0 Å². The molecule has 3 heteroatoms. The molecule has 0 saturated heterocycles. The summed E-state index contributed by atoms with van der Waals surface area (Å²) in [6, 6.07) is 0. The molecule has 16 heavy (non-hydrogen) atoms. The number of nitrogens with zero attached hydrogens (tertiary/aromatic N) is 2. The van der Waals surface area contributed by atoms with Crippen LogP contribution in [0.25, 0.3) is 0 Å². The minimum Gasteiger partial charge on any atom is -0.261 e. The first-order chi connectivity index (χ1) is 7.63. The van der Waals surface area contributed by atoms with E-state index in [2.05, 4.69) is 25.1 Å². The molecule has 0 aromatic heterocycles. The number of allylic oxidation sites excluding steroid dienone is 4. The van der Waals surface area contributed by atoms with Gasteiger partial charge in [-0.25, -0.2) is 0 Å². The maximum atomic E-state index is 8.44. The van der Waals surface area contributed by atoms with Crippen LogP contribution in [0.3, 0.4) is 0 Å². The molecule has 2 nitrogen and oxygen atoms in total. The minimum absolute atomic E-state index is 0.715. The normalized spacial score (nSPS) is 15.2. The van der Waals surface area contributed by atoms with Gasteiger partial charge < -0.3 is 0 Å². The highest BCUT2D eigenvalue weighted by Gasteiger charge is 2.06. The Morgan fingerprint density at radius 1 is 1.50 bits per heavy atom. The number of thiocyanates is 1. The monoisotopic (exact) mass is 230 g/mol. The molecule has 0 aromatic carbocycles. The van der Waals surface area contributed by atoms with E-state index in [0.29, 0.717) is 4.91 Å². The zero-order valence-electron chi connectivity index (χ0n) is 9.36. The second kappa shape index (κ2) is 6.14. The third-order valence-electron chi connectivity index (χ3n) is 2.21. The second-order valence-electron chi connectivity index (χ2n) is 3.57. The van der Waals surface area contributed by atoms with Gasteiger partial charge in [0.15, 0.2) is 0 Å². The Balaban J connectivity index is 2.60. The molecular formula is C13H14N2S. The fraction of sp³-hybridized carbons (Fsp3) is 0.231. The number of aliphatic imine (C=N–C) groups is 1. The number of thioether (sulfide) groups is 1. The second-order valence-corrected chi connectivity index (χ2v) is 4.48. The smallest absolute Gasteiger partial charge is 0.138 e. The summed E-state index contributed by atoms with van der Waals surface area (Å²) in [6.07, 6.45) is 7.52. The fourth-order valence-corrected chi connectivity index (χ4v) is 1.51. The Morgan fingerprint density at radius 3 is 2.81 bits per heavy atom. The van der Waals surface area contributed by atoms with E-state index in [-0.39, 0.29) is 0 Å². The van der Waals surface area contributed by atoms with Gasteiger partial charge in [0.25, 0.3) is 0 Å². The summed E-state index contributed by atoms with van der Waals surface area (Å²) in [5, 5.41) is 10.4. The van der Waals surface area contributed by atoms with Crippen LogP contribution in [0.5, 0.6) is 0 Å². The van der Waals surface area contributed by atoms with Crippen molar-refractivity contribution in [3.05, 3.63) is 47.6 Å². The largest absolute Gasteiger partial charge is 0.261 e. The molecule has 0 aliphatic carbocycles. The Bertz CT molecular complexity index is 433. The number of rotatable bonds is 4. The van der Waals surface area contributed by atoms with Crippen molar-refractivity contribution >= 4 is 17.5 Å². The van der Waals surface area contributed by atoms with Gasteiger partial charge in [0.05, 0.1) is 0 Å². The molecular weight excluding hydrogens is 216 g/mol. The summed E-state index contributed by atoms with van der Waals surface area (Å²) in [5.74, 6) is 0. The molecule has 0 radical (unpaired) electrons. The molecule has 0 aromatic rings. The minimum atomic E-state index is 0.715. The Hall–Kier alpha value is -1.53. The summed E-state index contributed by atoms with van der Waals surface area (Å²) < 4.78 is 0. The predicted octanol–water partition coefficient (Wildman–Crippen LogP) is 3.97. The summed E-state index contributed by atoms with van der Waals surface area (Å²) in [4.78, 5) is 5.05. The lowest BCUT2D eigenvalue weighted by Crippen LogP contribution is -2.03. The van der Waals surface area contributed by atoms with E-state index in [1.807, 2.05) is 17.7 Å². The van der Waals surface area contributed by atoms with Gasteiger partial charge >= 0.3 is 0 Å². The first-order valence-electron chi connectivity index (χ1n) is 4.98. The van der Waals surface area contributed by atoms with Crippen LogP contribution in [0, 0.1) is 10.7 Å². The molecule has 0 atom stereocenters. The predicted molar refractivity (Wildman–Crippen MR) is 71.1 cm³/mol. The van der Waals surface area contributed by atoms with Crippen molar-refractivity contribution in [2.24, 2.45) is 4.99 Å². The third-order valence-corrected chi connectivity index (χ3v) is 2.70. The maximum Gasteiger partial charge on any atom is 0.138 e. The molecule has 1 aliphatic heterocycles. The van der Waals surface area contributed by atoms with Crippen molar-refractivity contribution in [2.75, 3.05) is 0 Å². The van der Waals surface area contributed by atoms with Crippen LogP contribution in [-0.2, 0) is 0 Å². The fourth-order valence-electron chi connectivity index (χ4n) is 1.26. The van der Waals surface area contributed by atoms with Crippen molar-refractivity contribution in [1.82, 2.24) is 0 Å². The Labute approximate surface area is 101 Å². The SMILES string of the molecule is C=C(/C=C\C(=C)C1=NC=C(C)CC1)SC#N. The lowest BCUT2D eigenvalue weighted by atomic mass is 10.0. The zero-order valence-corrected chi connectivity index (χ0v) is 10.2. The van der Waals surface area contributed by atoms with E-state index in [4.69, 9.17) is 5.26 Å². The van der Waals surface area contributed by atoms with Gasteiger partial charge in [-0.05, 0) is 43.2 Å². The highest BCUT2D eigenvalue weighted by molar-refractivity contribution is 8.07. The van der Waals surface area contributed by atoms with E-state index < -0.39 is 0 Å². The number of hydrogen-bond acceptors (Lipinski definition) is 3. The quantitative estimate of drug-likeness (QED) is 0.541. The lowest BCUT2D eigenvalue weighted by molar-refractivity contribution is 0.977. The van der Waals surface area contributed by atoms with Crippen LogP contribution in [0.1, 0.15) is 19.8 Å². The summed E-state index contributed by atoms with van der Waals surface area (Å²) in [7, 11) is 0. The van der Waals surface area contributed by atoms with Crippen LogP contribution < -0.4 is 0 Å². The average molecular weight is 230 g/mol. The van der Waals surface area contributed by atoms with Gasteiger partial charge in [0.2, 0.25) is 0 Å². The summed E-state index contributed by atoms with van der Waals surface area (Å²) >= 11 is 1.05. The van der Waals surface area contributed by atoms with Crippen LogP contribution in [0.15, 0.2) is 52.6 Å². The highest BCUT2D eigenvalue weighted by Crippen LogP contribution is 2.18. The molecule has 1 rings (SSSR count). The number of nitriles is 1. The van der Waals surface area contributed by atoms with E-state index in [1.54, 1.807) is 6.08 Å². The molecule has 0 spiro atoms. The first-order valence-corrected chi connectivity index (χ1v) is 5.79. The summed E-state index contributed by atoms with van der Waals surface area (Å²) in [6.45, 7) is 9.76. The molecule has 0 saturated carbocycles. The van der Waals surface area contributed by atoms with Gasteiger partial charge in [-0.3, -0.25) is 4.99 Å². The van der Waals surface area contributed by atoms with E-state index in [9.17, 15) is 0 Å². The third kappa shape index (κ3) is 3.92. The molecule has 0 N–H and O–H groups in total. The van der Waals surface area contributed by atoms with Gasteiger partial charge in [-0.15, -0.1) is 0 Å². The summed E-state index contributed by atoms with van der Waals surface area (Å²) in [5.41, 5.74) is 3.20. The van der Waals surface area contributed by atoms with E-state index in [1.165, 1.54) is 5.57 Å². The number of hydrogen-bond donors (Lipinski definition) is 0. The molecule has 1 heterocycles. The molecule has 82 valence electrons. The maximum absolute atomic E-state index is 8.44. The molecule has 0 bridgehead atoms. The Morgan fingerprint density at radius 2 is 2.25 bits per heavy atom. The van der Waals surface area contributed by atoms with Gasteiger partial charge in [-0.1, -0.05) is 24.8 Å². The van der Waals surface area contributed by atoms with Crippen LogP contribution >= 0.6 is 11.8 Å². The van der Waals surface area contributed by atoms with E-state index in [0.717, 1.165) is 35.9 Å². The molecule has 0 fully saturated rings. The van der Waals surface area contributed by atoms with Crippen LogP contribution in [0.2, 0.25) is 0 Å². The zero-order chi connectivity index (χ0) is 12.0. The van der Waals surface area contributed by atoms with Crippen molar-refractivity contribution in [3.8, 4) is 5.40 Å². The van der Waals surface area contributed by atoms with Crippen LogP contribution in [-0.4, -0.2) is 5.71 Å². The van der Waals surface area contributed by atoms with Crippen molar-refractivity contribution in [2.45, 2.75) is 19.8 Å².